The number of aromatic nitrogens is 3. The minimum Gasteiger partial charge on any atom is -0.357 e. The molecule has 0 fully saturated rings. The van der Waals surface area contributed by atoms with Gasteiger partial charge in [0.15, 0.2) is 5.96 Å². The summed E-state index contributed by atoms with van der Waals surface area (Å²) in [5.74, 6) is 2.83. The Morgan fingerprint density at radius 3 is 2.96 bits per heavy atom. The zero-order valence-electron chi connectivity index (χ0n) is 16.7. The molecule has 0 spiro atoms. The molecule has 0 radical (unpaired) electrons. The van der Waals surface area contributed by atoms with E-state index in [0.29, 0.717) is 6.04 Å². The maximum absolute atomic E-state index is 4.82. The maximum atomic E-state index is 4.82. The number of aliphatic imine (C=N–C) groups is 1. The summed E-state index contributed by atoms with van der Waals surface area (Å²) in [6, 6.07) is 15.4. The van der Waals surface area contributed by atoms with Crippen LogP contribution in [0.5, 0.6) is 0 Å². The monoisotopic (exact) mass is 376 g/mol. The Kier molecular flexibility index (Phi) is 5.55. The van der Waals surface area contributed by atoms with Crippen LogP contribution in [0.1, 0.15) is 30.6 Å². The number of rotatable bonds is 5. The standard InChI is InChI=1S/C22H28N6/c1-3-23-22(26-19-11-12-21-25-16(2)27-28(21)15-19)24-14-13-18-9-6-8-17-7-4-5-10-20(17)18/h4-10,19H,3,11-15H2,1-2H3,(H2,23,24,26). The largest absolute Gasteiger partial charge is 0.357 e. The second kappa shape index (κ2) is 8.42. The van der Waals surface area contributed by atoms with E-state index < -0.39 is 0 Å². The summed E-state index contributed by atoms with van der Waals surface area (Å²) in [5, 5.41) is 14.1. The highest BCUT2D eigenvalue weighted by Gasteiger charge is 2.21. The van der Waals surface area contributed by atoms with Crippen molar-refractivity contribution in [3.05, 3.63) is 59.7 Å². The number of nitrogens with zero attached hydrogens (tertiary/aromatic N) is 4. The fourth-order valence-corrected chi connectivity index (χ4v) is 3.86. The van der Waals surface area contributed by atoms with Crippen molar-refractivity contribution in [1.82, 2.24) is 25.4 Å². The molecule has 0 saturated heterocycles. The molecule has 3 aromatic rings. The van der Waals surface area contributed by atoms with Gasteiger partial charge in [-0.2, -0.15) is 5.10 Å². The first-order valence-corrected chi connectivity index (χ1v) is 10.1. The zero-order chi connectivity index (χ0) is 19.3. The minimum atomic E-state index is 0.323. The van der Waals surface area contributed by atoms with Crippen LogP contribution in [0.15, 0.2) is 47.5 Å². The molecular formula is C22H28N6. The lowest BCUT2D eigenvalue weighted by Gasteiger charge is -2.25. The molecule has 1 atom stereocenters. The van der Waals surface area contributed by atoms with Crippen LogP contribution in [0.4, 0.5) is 0 Å². The number of aryl methyl sites for hydroxylation is 2. The van der Waals surface area contributed by atoms with Gasteiger partial charge in [0, 0.05) is 25.6 Å². The summed E-state index contributed by atoms with van der Waals surface area (Å²) in [7, 11) is 0. The first-order valence-electron chi connectivity index (χ1n) is 10.1. The Morgan fingerprint density at radius 2 is 2.07 bits per heavy atom. The van der Waals surface area contributed by atoms with Gasteiger partial charge in [-0.15, -0.1) is 0 Å². The predicted molar refractivity (Wildman–Crippen MR) is 114 cm³/mol. The first kappa shape index (κ1) is 18.5. The SMILES string of the molecule is CCNC(=NCCc1cccc2ccccc12)NC1CCc2nc(C)nn2C1. The maximum Gasteiger partial charge on any atom is 0.191 e. The highest BCUT2D eigenvalue weighted by atomic mass is 15.4. The van der Waals surface area contributed by atoms with Crippen molar-refractivity contribution in [2.24, 2.45) is 4.99 Å². The molecule has 6 nitrogen and oxygen atoms in total. The van der Waals surface area contributed by atoms with Gasteiger partial charge in [0.05, 0.1) is 6.54 Å². The third-order valence-electron chi connectivity index (χ3n) is 5.18. The number of nitrogens with one attached hydrogen (secondary N) is 2. The fraction of sp³-hybridized carbons (Fsp3) is 0.409. The fourth-order valence-electron chi connectivity index (χ4n) is 3.86. The normalized spacial score (nSPS) is 16.8. The van der Waals surface area contributed by atoms with E-state index in [9.17, 15) is 0 Å². The molecule has 146 valence electrons. The second-order valence-corrected chi connectivity index (χ2v) is 7.29. The Morgan fingerprint density at radius 1 is 1.21 bits per heavy atom. The molecule has 4 rings (SSSR count). The van der Waals surface area contributed by atoms with Gasteiger partial charge in [-0.1, -0.05) is 42.5 Å². The van der Waals surface area contributed by atoms with E-state index in [1.165, 1.54) is 16.3 Å². The molecule has 2 aromatic carbocycles. The zero-order valence-corrected chi connectivity index (χ0v) is 16.7. The van der Waals surface area contributed by atoms with Crippen LogP contribution in [0.3, 0.4) is 0 Å². The van der Waals surface area contributed by atoms with Gasteiger partial charge < -0.3 is 10.6 Å². The Balaban J connectivity index is 1.41. The molecule has 2 heterocycles. The lowest BCUT2D eigenvalue weighted by atomic mass is 10.0. The molecule has 1 aliphatic heterocycles. The average Bonchev–Trinajstić information content (AvgIpc) is 3.07. The molecule has 28 heavy (non-hydrogen) atoms. The third kappa shape index (κ3) is 4.16. The molecule has 1 aliphatic rings. The Labute approximate surface area is 166 Å². The summed E-state index contributed by atoms with van der Waals surface area (Å²) in [6.45, 7) is 6.49. The Hall–Kier alpha value is -2.89. The van der Waals surface area contributed by atoms with Crippen LogP contribution in [-0.4, -0.2) is 39.9 Å². The van der Waals surface area contributed by atoms with Crippen molar-refractivity contribution in [3.63, 3.8) is 0 Å². The van der Waals surface area contributed by atoms with Gasteiger partial charge in [-0.3, -0.25) is 4.99 Å². The highest BCUT2D eigenvalue weighted by Crippen LogP contribution is 2.19. The molecule has 0 amide bonds. The summed E-state index contributed by atoms with van der Waals surface area (Å²) < 4.78 is 2.02. The van der Waals surface area contributed by atoms with Crippen LogP contribution in [-0.2, 0) is 19.4 Å². The lowest BCUT2D eigenvalue weighted by Crippen LogP contribution is -2.47. The van der Waals surface area contributed by atoms with Gasteiger partial charge in [0.1, 0.15) is 11.6 Å². The third-order valence-corrected chi connectivity index (χ3v) is 5.18. The van der Waals surface area contributed by atoms with E-state index in [4.69, 9.17) is 4.99 Å². The topological polar surface area (TPSA) is 67.1 Å². The summed E-state index contributed by atoms with van der Waals surface area (Å²) >= 11 is 0. The number of benzene rings is 2. The lowest BCUT2D eigenvalue weighted by molar-refractivity contribution is 0.392. The summed E-state index contributed by atoms with van der Waals surface area (Å²) in [6.07, 6.45) is 2.93. The number of hydrogen-bond donors (Lipinski definition) is 2. The van der Waals surface area contributed by atoms with Crippen molar-refractivity contribution in [2.45, 2.75) is 45.7 Å². The van der Waals surface area contributed by atoms with Crippen LogP contribution >= 0.6 is 0 Å². The number of hydrogen-bond acceptors (Lipinski definition) is 3. The molecule has 0 saturated carbocycles. The average molecular weight is 377 g/mol. The molecule has 1 aromatic heterocycles. The van der Waals surface area contributed by atoms with Crippen molar-refractivity contribution in [3.8, 4) is 0 Å². The highest BCUT2D eigenvalue weighted by molar-refractivity contribution is 5.85. The molecule has 2 N–H and O–H groups in total. The number of guanidine groups is 1. The van der Waals surface area contributed by atoms with Gasteiger partial charge in [-0.05, 0) is 43.0 Å². The smallest absolute Gasteiger partial charge is 0.191 e. The summed E-state index contributed by atoms with van der Waals surface area (Å²) in [5.41, 5.74) is 1.35. The van der Waals surface area contributed by atoms with E-state index in [1.54, 1.807) is 0 Å². The van der Waals surface area contributed by atoms with E-state index in [0.717, 1.165) is 56.5 Å². The van der Waals surface area contributed by atoms with Crippen molar-refractivity contribution in [1.29, 1.82) is 0 Å². The quantitative estimate of drug-likeness (QED) is 0.531. The Bertz CT molecular complexity index is 969. The molecule has 0 bridgehead atoms. The van der Waals surface area contributed by atoms with E-state index in [1.807, 2.05) is 11.6 Å². The van der Waals surface area contributed by atoms with E-state index >= 15 is 0 Å². The predicted octanol–water partition coefficient (Wildman–Crippen LogP) is 2.85. The van der Waals surface area contributed by atoms with E-state index in [2.05, 4.69) is 70.1 Å². The van der Waals surface area contributed by atoms with Gasteiger partial charge in [0.2, 0.25) is 0 Å². The van der Waals surface area contributed by atoms with Crippen LogP contribution < -0.4 is 10.6 Å². The molecule has 1 unspecified atom stereocenters. The summed E-state index contributed by atoms with van der Waals surface area (Å²) in [4.78, 5) is 9.31. The van der Waals surface area contributed by atoms with Crippen LogP contribution in [0.25, 0.3) is 10.8 Å². The van der Waals surface area contributed by atoms with Crippen molar-refractivity contribution < 1.29 is 0 Å². The number of fused-ring (bicyclic) bond motifs is 2. The van der Waals surface area contributed by atoms with Gasteiger partial charge >= 0.3 is 0 Å². The van der Waals surface area contributed by atoms with Crippen LogP contribution in [0, 0.1) is 6.92 Å². The van der Waals surface area contributed by atoms with E-state index in [-0.39, 0.29) is 0 Å². The van der Waals surface area contributed by atoms with Crippen molar-refractivity contribution in [2.75, 3.05) is 13.1 Å². The van der Waals surface area contributed by atoms with Gasteiger partial charge in [0.25, 0.3) is 0 Å². The molecule has 6 heteroatoms. The molecular weight excluding hydrogens is 348 g/mol. The minimum absolute atomic E-state index is 0.323. The van der Waals surface area contributed by atoms with Gasteiger partial charge in [-0.25, -0.2) is 9.67 Å². The second-order valence-electron chi connectivity index (χ2n) is 7.29. The molecule has 0 aliphatic carbocycles. The first-order chi connectivity index (χ1) is 13.7. The van der Waals surface area contributed by atoms with Crippen LogP contribution in [0.2, 0.25) is 0 Å². The van der Waals surface area contributed by atoms with Crippen molar-refractivity contribution >= 4 is 16.7 Å².